The molecule has 3 aromatic rings. The molecule has 1 aromatic heterocycles. The van der Waals surface area contributed by atoms with Crippen LogP contribution < -0.4 is 20.3 Å². The number of carbonyl (C=O) groups is 1. The van der Waals surface area contributed by atoms with Gasteiger partial charge in [-0.2, -0.15) is 0 Å². The van der Waals surface area contributed by atoms with Crippen molar-refractivity contribution in [1.82, 2.24) is 9.55 Å². The standard InChI is InChI=1S/C21H23N3O4S/c1-4-24-20(26)15-7-5-6-8-16(15)23-21(24)29-12-11-19(25)22-17-10-9-14(27-2)13-18(17)28-3/h5-10,13H,4,11-12H2,1-3H3,(H,22,25). The first kappa shape index (κ1) is 20.7. The summed E-state index contributed by atoms with van der Waals surface area (Å²) in [6.07, 6.45) is 0.270. The van der Waals surface area contributed by atoms with Gasteiger partial charge in [0, 0.05) is 24.8 Å². The first-order valence-corrected chi connectivity index (χ1v) is 10.2. The summed E-state index contributed by atoms with van der Waals surface area (Å²) >= 11 is 1.40. The fraction of sp³-hybridized carbons (Fsp3) is 0.286. The van der Waals surface area contributed by atoms with Crippen LogP contribution in [0.2, 0.25) is 0 Å². The van der Waals surface area contributed by atoms with Gasteiger partial charge < -0.3 is 14.8 Å². The Morgan fingerprint density at radius 3 is 2.69 bits per heavy atom. The molecule has 0 fully saturated rings. The van der Waals surface area contributed by atoms with Crippen molar-refractivity contribution in [3.63, 3.8) is 0 Å². The average Bonchev–Trinajstić information content (AvgIpc) is 2.74. The van der Waals surface area contributed by atoms with E-state index >= 15 is 0 Å². The Morgan fingerprint density at radius 1 is 1.17 bits per heavy atom. The maximum atomic E-state index is 12.6. The summed E-state index contributed by atoms with van der Waals surface area (Å²) in [6, 6.07) is 12.5. The highest BCUT2D eigenvalue weighted by Gasteiger charge is 2.12. The van der Waals surface area contributed by atoms with E-state index in [0.29, 0.717) is 45.5 Å². The van der Waals surface area contributed by atoms with Crippen molar-refractivity contribution in [3.8, 4) is 11.5 Å². The molecule has 2 aromatic carbocycles. The van der Waals surface area contributed by atoms with Crippen LogP contribution in [0.4, 0.5) is 5.69 Å². The first-order valence-electron chi connectivity index (χ1n) is 9.21. The number of hydrogen-bond acceptors (Lipinski definition) is 6. The number of nitrogens with zero attached hydrogens (tertiary/aromatic N) is 2. The number of para-hydroxylation sites is 1. The van der Waals surface area contributed by atoms with Gasteiger partial charge >= 0.3 is 0 Å². The lowest BCUT2D eigenvalue weighted by Gasteiger charge is -2.12. The number of carbonyl (C=O) groups excluding carboxylic acids is 1. The molecule has 29 heavy (non-hydrogen) atoms. The number of methoxy groups -OCH3 is 2. The molecule has 0 aliphatic heterocycles. The van der Waals surface area contributed by atoms with Crippen molar-refractivity contribution in [3.05, 3.63) is 52.8 Å². The van der Waals surface area contributed by atoms with Crippen molar-refractivity contribution in [2.45, 2.75) is 25.0 Å². The van der Waals surface area contributed by atoms with Crippen molar-refractivity contribution in [2.75, 3.05) is 25.3 Å². The maximum absolute atomic E-state index is 12.6. The number of thioether (sulfide) groups is 1. The lowest BCUT2D eigenvalue weighted by molar-refractivity contribution is -0.115. The highest BCUT2D eigenvalue weighted by Crippen LogP contribution is 2.29. The van der Waals surface area contributed by atoms with Gasteiger partial charge in [-0.3, -0.25) is 14.2 Å². The molecular formula is C21H23N3O4S. The molecule has 0 unspecified atom stereocenters. The van der Waals surface area contributed by atoms with Crippen LogP contribution in [0.25, 0.3) is 10.9 Å². The third-order valence-corrected chi connectivity index (χ3v) is 5.36. The van der Waals surface area contributed by atoms with Crippen LogP contribution in [0, 0.1) is 0 Å². The van der Waals surface area contributed by atoms with Crippen LogP contribution in [-0.2, 0) is 11.3 Å². The van der Waals surface area contributed by atoms with E-state index < -0.39 is 0 Å². The molecule has 1 amide bonds. The summed E-state index contributed by atoms with van der Waals surface area (Å²) in [7, 11) is 3.11. The Balaban J connectivity index is 1.67. The molecule has 1 heterocycles. The van der Waals surface area contributed by atoms with E-state index in [-0.39, 0.29) is 17.9 Å². The molecule has 1 N–H and O–H groups in total. The fourth-order valence-corrected chi connectivity index (χ4v) is 3.89. The predicted octanol–water partition coefficient (Wildman–Crippen LogP) is 3.55. The molecule has 0 aliphatic carbocycles. The third kappa shape index (κ3) is 4.71. The number of fused-ring (bicyclic) bond motifs is 1. The van der Waals surface area contributed by atoms with E-state index in [4.69, 9.17) is 9.47 Å². The Bertz CT molecular complexity index is 1080. The van der Waals surface area contributed by atoms with Crippen LogP contribution in [0.3, 0.4) is 0 Å². The van der Waals surface area contributed by atoms with E-state index in [9.17, 15) is 9.59 Å². The Morgan fingerprint density at radius 2 is 1.97 bits per heavy atom. The molecular weight excluding hydrogens is 390 g/mol. The number of nitrogens with one attached hydrogen (secondary N) is 1. The van der Waals surface area contributed by atoms with Gasteiger partial charge in [-0.05, 0) is 31.2 Å². The summed E-state index contributed by atoms with van der Waals surface area (Å²) in [5.74, 6) is 1.53. The normalized spacial score (nSPS) is 10.7. The number of rotatable bonds is 8. The van der Waals surface area contributed by atoms with Crippen molar-refractivity contribution >= 4 is 34.3 Å². The fourth-order valence-electron chi connectivity index (χ4n) is 2.89. The van der Waals surface area contributed by atoms with Gasteiger partial charge in [0.2, 0.25) is 5.91 Å². The largest absolute Gasteiger partial charge is 0.497 e. The number of ether oxygens (including phenoxy) is 2. The van der Waals surface area contributed by atoms with Crippen LogP contribution in [-0.4, -0.2) is 35.4 Å². The smallest absolute Gasteiger partial charge is 0.262 e. The average molecular weight is 413 g/mol. The van der Waals surface area contributed by atoms with Gasteiger partial charge in [-0.25, -0.2) is 4.98 Å². The molecule has 3 rings (SSSR count). The number of amides is 1. The second-order valence-corrected chi connectivity index (χ2v) is 7.24. The van der Waals surface area contributed by atoms with Crippen LogP contribution in [0.1, 0.15) is 13.3 Å². The lowest BCUT2D eigenvalue weighted by atomic mass is 10.2. The molecule has 0 atom stereocenters. The Labute approximate surface area is 173 Å². The van der Waals surface area contributed by atoms with Crippen molar-refractivity contribution < 1.29 is 14.3 Å². The molecule has 0 spiro atoms. The van der Waals surface area contributed by atoms with Gasteiger partial charge in [0.15, 0.2) is 5.16 Å². The quantitative estimate of drug-likeness (QED) is 0.449. The maximum Gasteiger partial charge on any atom is 0.262 e. The van der Waals surface area contributed by atoms with Crippen LogP contribution in [0.5, 0.6) is 11.5 Å². The van der Waals surface area contributed by atoms with Crippen molar-refractivity contribution in [1.29, 1.82) is 0 Å². The Hall–Kier alpha value is -3.00. The zero-order chi connectivity index (χ0) is 20.8. The summed E-state index contributed by atoms with van der Waals surface area (Å²) in [5, 5.41) is 4.06. The van der Waals surface area contributed by atoms with Crippen LogP contribution >= 0.6 is 11.8 Å². The zero-order valence-corrected chi connectivity index (χ0v) is 17.4. The minimum Gasteiger partial charge on any atom is -0.497 e. The monoisotopic (exact) mass is 413 g/mol. The number of aromatic nitrogens is 2. The van der Waals surface area contributed by atoms with E-state index in [1.54, 1.807) is 35.9 Å². The second kappa shape index (κ2) is 9.47. The molecule has 8 heteroatoms. The van der Waals surface area contributed by atoms with Gasteiger partial charge in [-0.15, -0.1) is 0 Å². The van der Waals surface area contributed by atoms with Gasteiger partial charge in [0.25, 0.3) is 5.56 Å². The van der Waals surface area contributed by atoms with Gasteiger partial charge in [-0.1, -0.05) is 23.9 Å². The molecule has 152 valence electrons. The molecule has 0 radical (unpaired) electrons. The number of hydrogen-bond donors (Lipinski definition) is 1. The highest BCUT2D eigenvalue weighted by atomic mass is 32.2. The highest BCUT2D eigenvalue weighted by molar-refractivity contribution is 7.99. The molecule has 0 saturated heterocycles. The number of benzene rings is 2. The molecule has 7 nitrogen and oxygen atoms in total. The SMILES string of the molecule is CCn1c(SCCC(=O)Nc2ccc(OC)cc2OC)nc2ccccc2c1=O. The zero-order valence-electron chi connectivity index (χ0n) is 16.6. The molecule has 0 saturated carbocycles. The third-order valence-electron chi connectivity index (χ3n) is 4.39. The minimum absolute atomic E-state index is 0.0620. The van der Waals surface area contributed by atoms with E-state index in [0.717, 1.165) is 0 Å². The van der Waals surface area contributed by atoms with Gasteiger partial charge in [0.1, 0.15) is 11.5 Å². The Kier molecular flexibility index (Phi) is 6.77. The van der Waals surface area contributed by atoms with Crippen LogP contribution in [0.15, 0.2) is 52.4 Å². The van der Waals surface area contributed by atoms with E-state index in [1.165, 1.54) is 18.9 Å². The molecule has 0 aliphatic rings. The second-order valence-electron chi connectivity index (χ2n) is 6.17. The van der Waals surface area contributed by atoms with E-state index in [1.807, 2.05) is 25.1 Å². The summed E-state index contributed by atoms with van der Waals surface area (Å²) in [4.78, 5) is 29.6. The lowest BCUT2D eigenvalue weighted by Crippen LogP contribution is -2.22. The number of anilines is 1. The topological polar surface area (TPSA) is 82.5 Å². The van der Waals surface area contributed by atoms with Gasteiger partial charge in [0.05, 0.1) is 30.8 Å². The summed E-state index contributed by atoms with van der Waals surface area (Å²) in [5.41, 5.74) is 1.18. The predicted molar refractivity (Wildman–Crippen MR) is 115 cm³/mol. The summed E-state index contributed by atoms with van der Waals surface area (Å²) in [6.45, 7) is 2.43. The summed E-state index contributed by atoms with van der Waals surface area (Å²) < 4.78 is 12.1. The first-order chi connectivity index (χ1) is 14.1. The minimum atomic E-state index is -0.146. The van der Waals surface area contributed by atoms with E-state index in [2.05, 4.69) is 10.3 Å². The molecule has 0 bridgehead atoms. The van der Waals surface area contributed by atoms with Crippen molar-refractivity contribution in [2.24, 2.45) is 0 Å².